The van der Waals surface area contributed by atoms with Crippen LogP contribution in [0.4, 0.5) is 5.13 Å². The van der Waals surface area contributed by atoms with Gasteiger partial charge in [0.2, 0.25) is 0 Å². The minimum absolute atomic E-state index is 0.426. The molecule has 9 heteroatoms. The number of pyridine rings is 1. The molecule has 4 rings (SSSR count). The molecule has 6 nitrogen and oxygen atoms in total. The van der Waals surface area contributed by atoms with Gasteiger partial charge in [-0.3, -0.25) is 4.98 Å². The highest BCUT2D eigenvalue weighted by Crippen LogP contribution is 2.34. The molecule has 0 aliphatic heterocycles. The van der Waals surface area contributed by atoms with Crippen LogP contribution in [-0.2, 0) is 6.42 Å². The van der Waals surface area contributed by atoms with Crippen LogP contribution >= 0.6 is 34.5 Å². The van der Waals surface area contributed by atoms with Crippen LogP contribution < -0.4 is 10.5 Å². The van der Waals surface area contributed by atoms with Crippen molar-refractivity contribution in [2.45, 2.75) is 6.42 Å². The largest absolute Gasteiger partial charge is 0.497 e. The zero-order chi connectivity index (χ0) is 19.0. The molecule has 0 atom stereocenters. The number of anilines is 1. The summed E-state index contributed by atoms with van der Waals surface area (Å²) >= 11 is 13.9. The summed E-state index contributed by atoms with van der Waals surface area (Å²) in [5.41, 5.74) is 8.60. The van der Waals surface area contributed by atoms with E-state index in [1.807, 2.05) is 23.6 Å². The van der Waals surface area contributed by atoms with Crippen LogP contribution in [0.15, 0.2) is 36.0 Å². The molecule has 0 spiro atoms. The fraction of sp³-hybridized carbons (Fsp3) is 0.111. The molecule has 0 aliphatic rings. The van der Waals surface area contributed by atoms with Crippen LogP contribution in [0.25, 0.3) is 22.2 Å². The first-order valence-electron chi connectivity index (χ1n) is 7.89. The summed E-state index contributed by atoms with van der Waals surface area (Å²) in [5.74, 6) is 0.714. The van der Waals surface area contributed by atoms with Gasteiger partial charge < -0.3 is 10.5 Å². The summed E-state index contributed by atoms with van der Waals surface area (Å²) in [7, 11) is 1.62. The van der Waals surface area contributed by atoms with Gasteiger partial charge in [-0.1, -0.05) is 23.2 Å². The molecule has 0 fully saturated rings. The molecule has 0 aliphatic carbocycles. The Morgan fingerprint density at radius 2 is 1.89 bits per heavy atom. The Bertz CT molecular complexity index is 1130. The number of hydrogen-bond acceptors (Lipinski definition) is 7. The van der Waals surface area contributed by atoms with E-state index in [4.69, 9.17) is 33.7 Å². The molecule has 0 radical (unpaired) electrons. The summed E-state index contributed by atoms with van der Waals surface area (Å²) < 4.78 is 5.37. The van der Waals surface area contributed by atoms with Gasteiger partial charge in [0.15, 0.2) is 5.13 Å². The van der Waals surface area contributed by atoms with Crippen LogP contribution in [-0.4, -0.2) is 27.3 Å². The van der Waals surface area contributed by atoms with E-state index in [-0.39, 0.29) is 0 Å². The van der Waals surface area contributed by atoms with Crippen molar-refractivity contribution < 1.29 is 4.74 Å². The molecule has 3 heterocycles. The Hall–Kier alpha value is -2.48. The van der Waals surface area contributed by atoms with E-state index < -0.39 is 0 Å². The average molecular weight is 418 g/mol. The zero-order valence-corrected chi connectivity index (χ0v) is 16.4. The molecule has 0 saturated heterocycles. The second-order valence-electron chi connectivity index (χ2n) is 5.74. The average Bonchev–Trinajstić information content (AvgIpc) is 3.10. The predicted octanol–water partition coefficient (Wildman–Crippen LogP) is 4.64. The molecular weight excluding hydrogens is 405 g/mol. The highest BCUT2D eigenvalue weighted by molar-refractivity contribution is 7.13. The number of benzene rings is 1. The number of hydrogen-bond donors (Lipinski definition) is 1. The molecule has 27 heavy (non-hydrogen) atoms. The molecule has 136 valence electrons. The van der Waals surface area contributed by atoms with E-state index in [9.17, 15) is 0 Å². The Morgan fingerprint density at radius 1 is 1.11 bits per heavy atom. The SMILES string of the molecule is COc1ccc2c(Cc3c(Cl)cncc3Cl)nnc(-c3csc(N)n3)c2c1. The molecule has 3 aromatic heterocycles. The summed E-state index contributed by atoms with van der Waals surface area (Å²) in [5, 5.41) is 13.9. The van der Waals surface area contributed by atoms with Crippen LogP contribution in [0.2, 0.25) is 10.0 Å². The monoisotopic (exact) mass is 417 g/mol. The number of rotatable bonds is 4. The number of thiazole rings is 1. The highest BCUT2D eigenvalue weighted by atomic mass is 35.5. The summed E-state index contributed by atoms with van der Waals surface area (Å²) in [6, 6.07) is 5.73. The van der Waals surface area contributed by atoms with Gasteiger partial charge in [0, 0.05) is 35.0 Å². The quantitative estimate of drug-likeness (QED) is 0.520. The third kappa shape index (κ3) is 3.41. The van der Waals surface area contributed by atoms with Crippen LogP contribution in [0.3, 0.4) is 0 Å². The normalized spacial score (nSPS) is 11.1. The number of nitrogens with zero attached hydrogens (tertiary/aromatic N) is 4. The first kappa shape index (κ1) is 17.9. The number of aromatic nitrogens is 4. The maximum Gasteiger partial charge on any atom is 0.180 e. The van der Waals surface area contributed by atoms with E-state index in [0.29, 0.717) is 38.7 Å². The lowest BCUT2D eigenvalue weighted by Crippen LogP contribution is -2.01. The van der Waals surface area contributed by atoms with Gasteiger partial charge in [0.05, 0.1) is 22.8 Å². The molecule has 2 N–H and O–H groups in total. The van der Waals surface area contributed by atoms with Crippen LogP contribution in [0.5, 0.6) is 5.75 Å². The van der Waals surface area contributed by atoms with Crippen molar-refractivity contribution in [1.29, 1.82) is 0 Å². The molecule has 1 aromatic carbocycles. The first-order valence-corrected chi connectivity index (χ1v) is 9.53. The Kier molecular flexibility index (Phi) is 4.82. The lowest BCUT2D eigenvalue weighted by molar-refractivity contribution is 0.415. The first-order chi connectivity index (χ1) is 13.1. The molecule has 0 unspecified atom stereocenters. The zero-order valence-electron chi connectivity index (χ0n) is 14.1. The number of ether oxygens (including phenoxy) is 1. The summed E-state index contributed by atoms with van der Waals surface area (Å²) in [4.78, 5) is 8.32. The Morgan fingerprint density at radius 3 is 2.56 bits per heavy atom. The molecule has 0 bridgehead atoms. The lowest BCUT2D eigenvalue weighted by atomic mass is 10.0. The second-order valence-corrected chi connectivity index (χ2v) is 7.44. The summed E-state index contributed by atoms with van der Waals surface area (Å²) in [6.45, 7) is 0. The van der Waals surface area contributed by atoms with Gasteiger partial charge in [0.25, 0.3) is 0 Å². The number of nitrogens with two attached hydrogens (primary N) is 1. The molecular formula is C18H13Cl2N5OS. The number of halogens is 2. The van der Waals surface area contributed by atoms with Gasteiger partial charge in [-0.2, -0.15) is 5.10 Å². The van der Waals surface area contributed by atoms with E-state index in [1.54, 1.807) is 19.5 Å². The lowest BCUT2D eigenvalue weighted by Gasteiger charge is -2.11. The molecule has 4 aromatic rings. The standard InChI is InChI=1S/C18H13Cl2N5OS/c1-26-9-2-3-10-11(4-9)17(16-8-27-18(21)23-16)25-24-15(10)5-12-13(19)6-22-7-14(12)20/h2-4,6-8H,5H2,1H3,(H2,21,23). The maximum absolute atomic E-state index is 6.27. The number of nitrogen functional groups attached to an aromatic ring is 1. The third-order valence-corrected chi connectivity index (χ3v) is 5.45. The maximum atomic E-state index is 6.27. The molecule has 0 saturated carbocycles. The fourth-order valence-electron chi connectivity index (χ4n) is 2.81. The van der Waals surface area contributed by atoms with Crippen molar-refractivity contribution in [2.24, 2.45) is 0 Å². The second kappa shape index (κ2) is 7.26. The van der Waals surface area contributed by atoms with E-state index in [2.05, 4.69) is 20.2 Å². The number of fused-ring (bicyclic) bond motifs is 1. The van der Waals surface area contributed by atoms with Crippen molar-refractivity contribution in [3.63, 3.8) is 0 Å². The Balaban J connectivity index is 1.90. The minimum Gasteiger partial charge on any atom is -0.497 e. The molecule has 0 amide bonds. The van der Waals surface area contributed by atoms with Crippen molar-refractivity contribution in [3.05, 3.63) is 57.3 Å². The van der Waals surface area contributed by atoms with Crippen LogP contribution in [0, 0.1) is 0 Å². The van der Waals surface area contributed by atoms with Gasteiger partial charge in [0.1, 0.15) is 17.1 Å². The van der Waals surface area contributed by atoms with E-state index in [1.165, 1.54) is 11.3 Å². The van der Waals surface area contributed by atoms with Crippen LogP contribution in [0.1, 0.15) is 11.3 Å². The van der Waals surface area contributed by atoms with E-state index in [0.717, 1.165) is 22.0 Å². The van der Waals surface area contributed by atoms with Crippen molar-refractivity contribution in [2.75, 3.05) is 12.8 Å². The minimum atomic E-state index is 0.426. The van der Waals surface area contributed by atoms with Gasteiger partial charge in [-0.15, -0.1) is 16.4 Å². The van der Waals surface area contributed by atoms with Crippen molar-refractivity contribution in [1.82, 2.24) is 20.2 Å². The predicted molar refractivity (Wildman–Crippen MR) is 109 cm³/mol. The van der Waals surface area contributed by atoms with E-state index >= 15 is 0 Å². The third-order valence-electron chi connectivity index (χ3n) is 4.12. The van der Waals surface area contributed by atoms with Crippen molar-refractivity contribution in [3.8, 4) is 17.1 Å². The smallest absolute Gasteiger partial charge is 0.180 e. The highest BCUT2D eigenvalue weighted by Gasteiger charge is 2.16. The fourth-order valence-corrected chi connectivity index (χ4v) is 3.85. The topological polar surface area (TPSA) is 86.8 Å². The number of methoxy groups -OCH3 is 1. The van der Waals surface area contributed by atoms with Gasteiger partial charge >= 0.3 is 0 Å². The van der Waals surface area contributed by atoms with Gasteiger partial charge in [-0.05, 0) is 23.8 Å². The Labute approximate surface area is 169 Å². The summed E-state index contributed by atoms with van der Waals surface area (Å²) in [6.07, 6.45) is 3.55. The van der Waals surface area contributed by atoms with Crippen molar-refractivity contribution >= 4 is 50.4 Å². The van der Waals surface area contributed by atoms with Gasteiger partial charge in [-0.25, -0.2) is 4.98 Å².